The first-order valence-electron chi connectivity index (χ1n) is 5.69. The van der Waals surface area contributed by atoms with Crippen molar-refractivity contribution in [1.29, 1.82) is 0 Å². The number of benzene rings is 1. The van der Waals surface area contributed by atoms with Crippen molar-refractivity contribution in [3.8, 4) is 0 Å². The van der Waals surface area contributed by atoms with Crippen LogP contribution in [0, 0.1) is 0 Å². The van der Waals surface area contributed by atoms with Crippen molar-refractivity contribution in [2.24, 2.45) is 0 Å². The highest BCUT2D eigenvalue weighted by Gasteiger charge is 2.31. The van der Waals surface area contributed by atoms with Crippen molar-refractivity contribution in [1.82, 2.24) is 4.98 Å². The fourth-order valence-electron chi connectivity index (χ4n) is 1.61. The van der Waals surface area contributed by atoms with Gasteiger partial charge in [-0.15, -0.1) is 0 Å². The Morgan fingerprint density at radius 2 is 1.67 bits per heavy atom. The molecule has 0 unspecified atom stereocenters. The van der Waals surface area contributed by atoms with E-state index in [1.807, 2.05) is 0 Å². The topological polar surface area (TPSA) is 47.0 Å². The Balaban J connectivity index is 2.25. The lowest BCUT2D eigenvalue weighted by Gasteiger charge is -2.07. The summed E-state index contributed by atoms with van der Waals surface area (Å²) in [6.07, 6.45) is -4.04. The zero-order valence-electron chi connectivity index (χ0n) is 10.4. The minimum atomic E-state index is -4.55. The summed E-state index contributed by atoms with van der Waals surface area (Å²) in [5, 5.41) is 0.0641. The molecule has 0 spiro atoms. The Labute approximate surface area is 124 Å². The fraction of sp³-hybridized carbons (Fsp3) is 0.154. The third kappa shape index (κ3) is 3.95. The minimum Gasteiger partial charge on any atom is -0.244 e. The molecule has 0 aliphatic rings. The molecule has 2 rings (SSSR count). The highest BCUT2D eigenvalue weighted by atomic mass is 35.5. The summed E-state index contributed by atoms with van der Waals surface area (Å²) >= 11 is 5.69. The summed E-state index contributed by atoms with van der Waals surface area (Å²) in [5.41, 5.74) is -0.519. The fourth-order valence-corrected chi connectivity index (χ4v) is 3.00. The minimum absolute atomic E-state index is 0.359. The molecule has 0 aliphatic heterocycles. The number of nitrogens with zero attached hydrogens (tertiary/aromatic N) is 1. The molecule has 21 heavy (non-hydrogen) atoms. The Morgan fingerprint density at radius 1 is 1.05 bits per heavy atom. The third-order valence-electron chi connectivity index (χ3n) is 2.65. The highest BCUT2D eigenvalue weighted by molar-refractivity contribution is 7.90. The van der Waals surface area contributed by atoms with Crippen LogP contribution < -0.4 is 0 Å². The highest BCUT2D eigenvalue weighted by Crippen LogP contribution is 2.29. The van der Waals surface area contributed by atoms with E-state index in [0.717, 1.165) is 6.07 Å². The van der Waals surface area contributed by atoms with Gasteiger partial charge in [0.1, 0.15) is 0 Å². The van der Waals surface area contributed by atoms with Crippen LogP contribution in [0.1, 0.15) is 11.1 Å². The molecule has 0 amide bonds. The van der Waals surface area contributed by atoms with Gasteiger partial charge in [-0.2, -0.15) is 13.2 Å². The molecule has 1 aromatic heterocycles. The molecule has 1 heterocycles. The van der Waals surface area contributed by atoms with E-state index in [1.165, 1.54) is 24.3 Å². The lowest BCUT2D eigenvalue weighted by molar-refractivity contribution is -0.137. The van der Waals surface area contributed by atoms with Crippen LogP contribution in [0.5, 0.6) is 0 Å². The second kappa shape index (κ2) is 5.65. The Morgan fingerprint density at radius 3 is 2.14 bits per heavy atom. The number of sulfone groups is 1. The number of hydrogen-bond acceptors (Lipinski definition) is 3. The van der Waals surface area contributed by atoms with Gasteiger partial charge in [-0.3, -0.25) is 0 Å². The lowest BCUT2D eigenvalue weighted by atomic mass is 10.2. The molecule has 8 heteroatoms. The Kier molecular flexibility index (Phi) is 4.25. The van der Waals surface area contributed by atoms with Crippen LogP contribution in [0.3, 0.4) is 0 Å². The van der Waals surface area contributed by atoms with E-state index in [4.69, 9.17) is 11.6 Å². The van der Waals surface area contributed by atoms with Crippen molar-refractivity contribution in [2.75, 3.05) is 0 Å². The molecule has 2 aromatic rings. The lowest BCUT2D eigenvalue weighted by Crippen LogP contribution is -2.10. The second-order valence-electron chi connectivity index (χ2n) is 4.27. The first-order valence-corrected chi connectivity index (χ1v) is 7.72. The molecule has 0 fully saturated rings. The number of rotatable bonds is 3. The van der Waals surface area contributed by atoms with E-state index in [0.29, 0.717) is 22.8 Å². The van der Waals surface area contributed by atoms with Gasteiger partial charge in [-0.25, -0.2) is 13.4 Å². The molecule has 112 valence electrons. The maximum atomic E-state index is 12.4. The molecule has 0 saturated heterocycles. The molecular formula is C13H9ClF3NO2S. The maximum Gasteiger partial charge on any atom is 0.417 e. The summed E-state index contributed by atoms with van der Waals surface area (Å²) in [7, 11) is -3.81. The van der Waals surface area contributed by atoms with E-state index >= 15 is 0 Å². The van der Waals surface area contributed by atoms with E-state index in [2.05, 4.69) is 4.98 Å². The monoisotopic (exact) mass is 335 g/mol. The molecule has 1 aromatic carbocycles. The largest absolute Gasteiger partial charge is 0.417 e. The van der Waals surface area contributed by atoms with Crippen LogP contribution in [-0.2, 0) is 21.8 Å². The van der Waals surface area contributed by atoms with Gasteiger partial charge >= 0.3 is 6.18 Å². The van der Waals surface area contributed by atoms with Gasteiger partial charge in [0.15, 0.2) is 14.9 Å². The van der Waals surface area contributed by atoms with Crippen molar-refractivity contribution >= 4 is 21.4 Å². The average Bonchev–Trinajstić information content (AvgIpc) is 2.40. The van der Waals surface area contributed by atoms with E-state index in [9.17, 15) is 21.6 Å². The SMILES string of the molecule is O=S(=O)(Cc1ccc(Cl)cc1)c1ccc(C(F)(F)F)cn1. The zero-order chi connectivity index (χ0) is 15.7. The summed E-state index contributed by atoms with van der Waals surface area (Å²) in [6.45, 7) is 0. The number of halogens is 4. The summed E-state index contributed by atoms with van der Waals surface area (Å²) in [6, 6.07) is 7.68. The summed E-state index contributed by atoms with van der Waals surface area (Å²) < 4.78 is 61.3. The van der Waals surface area contributed by atoms with Crippen LogP contribution in [0.15, 0.2) is 47.6 Å². The van der Waals surface area contributed by atoms with Crippen LogP contribution in [0.4, 0.5) is 13.2 Å². The molecule has 3 nitrogen and oxygen atoms in total. The van der Waals surface area contributed by atoms with E-state index in [-0.39, 0.29) is 5.75 Å². The summed E-state index contributed by atoms with van der Waals surface area (Å²) in [4.78, 5) is 3.40. The Bertz CT molecular complexity index is 726. The van der Waals surface area contributed by atoms with Crippen molar-refractivity contribution < 1.29 is 21.6 Å². The van der Waals surface area contributed by atoms with E-state index in [1.54, 1.807) is 0 Å². The van der Waals surface area contributed by atoms with Gasteiger partial charge < -0.3 is 0 Å². The quantitative estimate of drug-likeness (QED) is 0.858. The van der Waals surface area contributed by atoms with Crippen LogP contribution in [0.25, 0.3) is 0 Å². The van der Waals surface area contributed by atoms with Crippen LogP contribution >= 0.6 is 11.6 Å². The molecule has 0 radical (unpaired) electrons. The molecule has 0 N–H and O–H groups in total. The predicted molar refractivity (Wildman–Crippen MR) is 71.6 cm³/mol. The van der Waals surface area contributed by atoms with Gasteiger partial charge in [0.25, 0.3) is 0 Å². The zero-order valence-corrected chi connectivity index (χ0v) is 12.0. The number of alkyl halides is 3. The third-order valence-corrected chi connectivity index (χ3v) is 4.50. The van der Waals surface area contributed by atoms with Gasteiger partial charge in [0.05, 0.1) is 11.3 Å². The molecule has 0 bridgehead atoms. The number of hydrogen-bond donors (Lipinski definition) is 0. The maximum absolute atomic E-state index is 12.4. The second-order valence-corrected chi connectivity index (χ2v) is 6.64. The van der Waals surface area contributed by atoms with Crippen LogP contribution in [0.2, 0.25) is 5.02 Å². The standard InChI is InChI=1S/C13H9ClF3NO2S/c14-11-4-1-9(2-5-11)8-21(19,20)12-6-3-10(7-18-12)13(15,16)17/h1-7H,8H2. The van der Waals surface area contributed by atoms with E-state index < -0.39 is 26.6 Å². The first kappa shape index (κ1) is 15.8. The first-order chi connectivity index (χ1) is 9.68. The number of pyridine rings is 1. The smallest absolute Gasteiger partial charge is 0.244 e. The normalized spacial score (nSPS) is 12.4. The molecule has 0 atom stereocenters. The van der Waals surface area contributed by atoms with Gasteiger partial charge in [-0.1, -0.05) is 23.7 Å². The average molecular weight is 336 g/mol. The van der Waals surface area contributed by atoms with Crippen LogP contribution in [-0.4, -0.2) is 13.4 Å². The van der Waals surface area contributed by atoms with Gasteiger partial charge in [-0.05, 0) is 29.8 Å². The molecular weight excluding hydrogens is 327 g/mol. The summed E-state index contributed by atoms with van der Waals surface area (Å²) in [5.74, 6) is -0.359. The van der Waals surface area contributed by atoms with Crippen molar-refractivity contribution in [3.63, 3.8) is 0 Å². The van der Waals surface area contributed by atoms with Gasteiger partial charge in [0, 0.05) is 11.2 Å². The number of aromatic nitrogens is 1. The Hall–Kier alpha value is -1.60. The molecule has 0 saturated carbocycles. The molecule has 0 aliphatic carbocycles. The predicted octanol–water partition coefficient (Wildman–Crippen LogP) is 3.73. The van der Waals surface area contributed by atoms with Crippen molar-refractivity contribution in [2.45, 2.75) is 17.0 Å². The van der Waals surface area contributed by atoms with Crippen molar-refractivity contribution in [3.05, 3.63) is 58.7 Å². The van der Waals surface area contributed by atoms with Gasteiger partial charge in [0.2, 0.25) is 0 Å².